The Bertz CT molecular complexity index is 1310. The fourth-order valence-corrected chi connectivity index (χ4v) is 4.67. The molecule has 0 spiro atoms. The SMILES string of the molecule is N#Cc1cccc(NC(=O)[C@@]23CCC(=O)N2c2ccccc2C(=O)N3Cc2ccccc2)c1. The predicted octanol–water partition coefficient (Wildman–Crippen LogP) is 3.68. The number of hydrogen-bond acceptors (Lipinski definition) is 4. The van der Waals surface area contributed by atoms with Gasteiger partial charge in [0, 0.05) is 25.1 Å². The van der Waals surface area contributed by atoms with Crippen LogP contribution in [0.2, 0.25) is 0 Å². The summed E-state index contributed by atoms with van der Waals surface area (Å²) >= 11 is 0. The maximum Gasteiger partial charge on any atom is 0.271 e. The molecule has 7 heteroatoms. The highest BCUT2D eigenvalue weighted by Gasteiger charge is 2.60. The summed E-state index contributed by atoms with van der Waals surface area (Å²) in [5, 5.41) is 12.1. The van der Waals surface area contributed by atoms with Gasteiger partial charge in [0.15, 0.2) is 0 Å². The molecule has 3 amide bonds. The Kier molecular flexibility index (Phi) is 4.91. The van der Waals surface area contributed by atoms with Crippen molar-refractivity contribution in [2.45, 2.75) is 25.0 Å². The lowest BCUT2D eigenvalue weighted by Crippen LogP contribution is -2.69. The minimum Gasteiger partial charge on any atom is -0.322 e. The second-order valence-electron chi connectivity index (χ2n) is 8.09. The van der Waals surface area contributed by atoms with Crippen molar-refractivity contribution in [2.24, 2.45) is 0 Å². The molecule has 0 radical (unpaired) electrons. The molecule has 0 aromatic heterocycles. The van der Waals surface area contributed by atoms with Crippen LogP contribution in [0, 0.1) is 11.3 Å². The van der Waals surface area contributed by atoms with E-state index in [1.165, 1.54) is 9.80 Å². The molecule has 0 aliphatic carbocycles. The largest absolute Gasteiger partial charge is 0.322 e. The first-order valence-electron chi connectivity index (χ1n) is 10.6. The molecule has 7 nitrogen and oxygen atoms in total. The van der Waals surface area contributed by atoms with Crippen molar-refractivity contribution >= 4 is 29.1 Å². The van der Waals surface area contributed by atoms with Crippen LogP contribution >= 0.6 is 0 Å². The number of hydrogen-bond donors (Lipinski definition) is 1. The second kappa shape index (κ2) is 7.92. The number of nitrogens with zero attached hydrogens (tertiary/aromatic N) is 3. The maximum atomic E-state index is 13.9. The molecule has 162 valence electrons. The van der Waals surface area contributed by atoms with Crippen molar-refractivity contribution in [3.8, 4) is 6.07 Å². The number of nitriles is 1. The summed E-state index contributed by atoms with van der Waals surface area (Å²) in [6.07, 6.45) is 0.307. The summed E-state index contributed by atoms with van der Waals surface area (Å²) in [6, 6.07) is 24.9. The molecule has 3 aromatic carbocycles. The van der Waals surface area contributed by atoms with Crippen molar-refractivity contribution in [2.75, 3.05) is 10.2 Å². The molecule has 5 rings (SSSR count). The zero-order valence-corrected chi connectivity index (χ0v) is 17.7. The Morgan fingerprint density at radius 3 is 2.55 bits per heavy atom. The highest BCUT2D eigenvalue weighted by atomic mass is 16.2. The quantitative estimate of drug-likeness (QED) is 0.675. The van der Waals surface area contributed by atoms with E-state index in [4.69, 9.17) is 0 Å². The lowest BCUT2D eigenvalue weighted by molar-refractivity contribution is -0.129. The molecule has 2 aliphatic rings. The Balaban J connectivity index is 1.64. The Labute approximate surface area is 190 Å². The van der Waals surface area contributed by atoms with Crippen LogP contribution in [0.4, 0.5) is 11.4 Å². The summed E-state index contributed by atoms with van der Waals surface area (Å²) in [4.78, 5) is 43.7. The van der Waals surface area contributed by atoms with Gasteiger partial charge in [-0.3, -0.25) is 19.3 Å². The van der Waals surface area contributed by atoms with Gasteiger partial charge in [-0.05, 0) is 35.9 Å². The molecular weight excluding hydrogens is 416 g/mol. The third-order valence-corrected chi connectivity index (χ3v) is 6.17. The van der Waals surface area contributed by atoms with E-state index >= 15 is 0 Å². The summed E-state index contributed by atoms with van der Waals surface area (Å²) in [7, 11) is 0. The summed E-state index contributed by atoms with van der Waals surface area (Å²) < 4.78 is 0. The zero-order valence-electron chi connectivity index (χ0n) is 17.7. The van der Waals surface area contributed by atoms with Crippen molar-refractivity contribution in [1.29, 1.82) is 5.26 Å². The molecule has 1 N–H and O–H groups in total. The molecule has 3 aromatic rings. The van der Waals surface area contributed by atoms with Crippen molar-refractivity contribution < 1.29 is 14.4 Å². The summed E-state index contributed by atoms with van der Waals surface area (Å²) in [5.74, 6) is -1.00. The van der Waals surface area contributed by atoms with Gasteiger partial charge in [0.25, 0.3) is 11.8 Å². The first-order chi connectivity index (χ1) is 16.0. The smallest absolute Gasteiger partial charge is 0.271 e. The van der Waals surface area contributed by atoms with Crippen molar-refractivity contribution in [3.05, 3.63) is 95.6 Å². The van der Waals surface area contributed by atoms with Crippen LogP contribution in [-0.2, 0) is 16.1 Å². The van der Waals surface area contributed by atoms with E-state index in [-0.39, 0.29) is 31.2 Å². The number of rotatable bonds is 4. The van der Waals surface area contributed by atoms with Crippen LogP contribution in [0.1, 0.15) is 34.3 Å². The van der Waals surface area contributed by atoms with Gasteiger partial charge in [-0.25, -0.2) is 0 Å². The molecule has 0 unspecified atom stereocenters. The van der Waals surface area contributed by atoms with E-state index in [1.807, 2.05) is 30.3 Å². The molecule has 2 heterocycles. The van der Waals surface area contributed by atoms with Gasteiger partial charge in [0.05, 0.1) is 22.9 Å². The highest BCUT2D eigenvalue weighted by molar-refractivity contribution is 6.18. The molecule has 0 bridgehead atoms. The van der Waals surface area contributed by atoms with Crippen LogP contribution < -0.4 is 10.2 Å². The Morgan fingerprint density at radius 1 is 1.00 bits per heavy atom. The first kappa shape index (κ1) is 20.5. The van der Waals surface area contributed by atoms with Crippen molar-refractivity contribution in [1.82, 2.24) is 4.90 Å². The molecule has 0 saturated carbocycles. The van der Waals surface area contributed by atoms with Crippen LogP contribution in [0.3, 0.4) is 0 Å². The number of amides is 3. The monoisotopic (exact) mass is 436 g/mol. The number of carbonyl (C=O) groups is 3. The van der Waals surface area contributed by atoms with E-state index in [0.717, 1.165) is 5.56 Å². The molecule has 33 heavy (non-hydrogen) atoms. The number of fused-ring (bicyclic) bond motifs is 3. The van der Waals surface area contributed by atoms with Gasteiger partial charge in [-0.2, -0.15) is 5.26 Å². The lowest BCUT2D eigenvalue weighted by Gasteiger charge is -2.49. The third kappa shape index (κ3) is 3.24. The third-order valence-electron chi connectivity index (χ3n) is 6.17. The number of para-hydroxylation sites is 1. The molecule has 1 atom stereocenters. The summed E-state index contributed by atoms with van der Waals surface area (Å²) in [6.45, 7) is 0.170. The number of nitrogens with one attached hydrogen (secondary N) is 1. The topological polar surface area (TPSA) is 93.5 Å². The van der Waals surface area contributed by atoms with E-state index in [9.17, 15) is 19.6 Å². The van der Waals surface area contributed by atoms with Crippen LogP contribution in [-0.4, -0.2) is 28.3 Å². The average molecular weight is 436 g/mol. The number of anilines is 2. The second-order valence-corrected chi connectivity index (χ2v) is 8.09. The fraction of sp³-hybridized carbons (Fsp3) is 0.154. The minimum absolute atomic E-state index is 0.137. The van der Waals surface area contributed by atoms with Crippen LogP contribution in [0.5, 0.6) is 0 Å². The average Bonchev–Trinajstić information content (AvgIpc) is 3.21. The van der Waals surface area contributed by atoms with Crippen LogP contribution in [0.15, 0.2) is 78.9 Å². The summed E-state index contributed by atoms with van der Waals surface area (Å²) in [5.41, 5.74) is 0.993. The van der Waals surface area contributed by atoms with Crippen molar-refractivity contribution in [3.63, 3.8) is 0 Å². The van der Waals surface area contributed by atoms with Gasteiger partial charge < -0.3 is 10.2 Å². The minimum atomic E-state index is -1.51. The van der Waals surface area contributed by atoms with Gasteiger partial charge >= 0.3 is 0 Å². The van der Waals surface area contributed by atoms with Gasteiger partial charge in [0.1, 0.15) is 0 Å². The van der Waals surface area contributed by atoms with E-state index in [0.29, 0.717) is 22.5 Å². The fourth-order valence-electron chi connectivity index (χ4n) is 4.67. The van der Waals surface area contributed by atoms with E-state index < -0.39 is 11.6 Å². The lowest BCUT2D eigenvalue weighted by atomic mass is 9.94. The molecule has 1 saturated heterocycles. The normalized spacial score (nSPS) is 19.0. The molecular formula is C26H20N4O3. The molecule has 1 fully saturated rings. The van der Waals surface area contributed by atoms with Gasteiger partial charge in [-0.1, -0.05) is 48.5 Å². The zero-order chi connectivity index (χ0) is 23.0. The number of benzene rings is 3. The van der Waals surface area contributed by atoms with Gasteiger partial charge in [-0.15, -0.1) is 0 Å². The Hall–Kier alpha value is -4.44. The maximum absolute atomic E-state index is 13.9. The van der Waals surface area contributed by atoms with E-state index in [1.54, 1.807) is 48.5 Å². The molecule has 2 aliphatic heterocycles. The Morgan fingerprint density at radius 2 is 1.76 bits per heavy atom. The standard InChI is InChI=1S/C26H20N4O3/c27-16-19-9-6-10-20(15-19)28-25(33)26-14-13-23(31)30(26)22-12-5-4-11-21(22)24(32)29(26)17-18-7-2-1-3-8-18/h1-12,15H,13-14,17H2,(H,28,33)/t26-/m1/s1. The first-order valence-corrected chi connectivity index (χ1v) is 10.6. The van der Waals surface area contributed by atoms with Gasteiger partial charge in [0.2, 0.25) is 11.6 Å². The number of carbonyl (C=O) groups excluding carboxylic acids is 3. The highest BCUT2D eigenvalue weighted by Crippen LogP contribution is 2.45. The van der Waals surface area contributed by atoms with Crippen LogP contribution in [0.25, 0.3) is 0 Å². The predicted molar refractivity (Wildman–Crippen MR) is 122 cm³/mol. The van der Waals surface area contributed by atoms with E-state index in [2.05, 4.69) is 11.4 Å².